The summed E-state index contributed by atoms with van der Waals surface area (Å²) in [6, 6.07) is 1.90. The number of carbonyl (C=O) groups is 1. The zero-order chi connectivity index (χ0) is 18.5. The molecule has 0 spiro atoms. The molecule has 2 saturated heterocycles. The molecule has 3 heterocycles. The molecule has 0 unspecified atom stereocenters. The second kappa shape index (κ2) is 8.52. The van der Waals surface area contributed by atoms with Crippen molar-refractivity contribution in [1.82, 2.24) is 0 Å². The van der Waals surface area contributed by atoms with E-state index in [9.17, 15) is 9.90 Å². The third kappa shape index (κ3) is 5.19. The molecule has 5 heteroatoms. The van der Waals surface area contributed by atoms with Gasteiger partial charge in [-0.25, -0.2) is 0 Å². The first-order valence-corrected chi connectivity index (χ1v) is 9.08. The summed E-state index contributed by atoms with van der Waals surface area (Å²) in [4.78, 5) is 11.6. The SMILES string of the molecule is C/C(=C\[C@H](O)C/C(C)=C/CC[C@@H]1C(=O)O[C@H]2O[C@H]21)C/C=C/c1ccoc1. The van der Waals surface area contributed by atoms with Gasteiger partial charge in [-0.3, -0.25) is 4.79 Å². The van der Waals surface area contributed by atoms with Gasteiger partial charge >= 0.3 is 5.97 Å². The Hall–Kier alpha value is -2.11. The van der Waals surface area contributed by atoms with Crippen molar-refractivity contribution in [3.63, 3.8) is 0 Å². The number of hydrogen-bond acceptors (Lipinski definition) is 5. The Labute approximate surface area is 154 Å². The van der Waals surface area contributed by atoms with Gasteiger partial charge in [-0.05, 0) is 45.6 Å². The first kappa shape index (κ1) is 18.7. The summed E-state index contributed by atoms with van der Waals surface area (Å²) in [6.45, 7) is 4.02. The molecule has 140 valence electrons. The molecule has 2 aliphatic rings. The predicted molar refractivity (Wildman–Crippen MR) is 98.0 cm³/mol. The minimum atomic E-state index is -0.499. The molecule has 0 bridgehead atoms. The Morgan fingerprint density at radius 1 is 1.35 bits per heavy atom. The van der Waals surface area contributed by atoms with Crippen LogP contribution < -0.4 is 0 Å². The molecule has 1 aromatic rings. The Morgan fingerprint density at radius 2 is 2.19 bits per heavy atom. The van der Waals surface area contributed by atoms with E-state index in [-0.39, 0.29) is 24.3 Å². The van der Waals surface area contributed by atoms with Crippen molar-refractivity contribution in [2.75, 3.05) is 0 Å². The standard InChI is InChI=1S/C21H26O5/c1-14(5-3-7-16-9-10-24-13-16)11-17(22)12-15(2)6-4-8-18-19-21(25-19)26-20(18)23/h3,6-7,9-11,13,17-19,21-22H,4-5,8,12H2,1-2H3/b7-3+,14-11+,15-6+/t17-,18-,19-,21+/m0/s1. The molecule has 1 aromatic heterocycles. The summed E-state index contributed by atoms with van der Waals surface area (Å²) in [5.74, 6) is -0.266. The molecule has 5 nitrogen and oxygen atoms in total. The van der Waals surface area contributed by atoms with Gasteiger partial charge in [0, 0.05) is 5.56 Å². The summed E-state index contributed by atoms with van der Waals surface area (Å²) in [7, 11) is 0. The lowest BCUT2D eigenvalue weighted by Crippen LogP contribution is -2.15. The lowest BCUT2D eigenvalue weighted by Gasteiger charge is -2.09. The highest BCUT2D eigenvalue weighted by Crippen LogP contribution is 2.40. The van der Waals surface area contributed by atoms with E-state index in [1.54, 1.807) is 12.5 Å². The van der Waals surface area contributed by atoms with Crippen LogP contribution in [0, 0.1) is 5.92 Å². The number of esters is 1. The highest BCUT2D eigenvalue weighted by molar-refractivity contribution is 5.76. The number of aliphatic hydroxyl groups excluding tert-OH is 1. The molecule has 26 heavy (non-hydrogen) atoms. The molecule has 0 amide bonds. The van der Waals surface area contributed by atoms with E-state index in [0.717, 1.165) is 36.0 Å². The zero-order valence-electron chi connectivity index (χ0n) is 15.3. The van der Waals surface area contributed by atoms with E-state index in [1.165, 1.54) is 0 Å². The monoisotopic (exact) mass is 358 g/mol. The number of rotatable bonds is 9. The summed E-state index contributed by atoms with van der Waals surface area (Å²) >= 11 is 0. The van der Waals surface area contributed by atoms with Crippen LogP contribution in [0.4, 0.5) is 0 Å². The van der Waals surface area contributed by atoms with E-state index < -0.39 is 6.10 Å². The summed E-state index contributed by atoms with van der Waals surface area (Å²) in [5.41, 5.74) is 3.27. The predicted octanol–water partition coefficient (Wildman–Crippen LogP) is 4.00. The van der Waals surface area contributed by atoms with Crippen LogP contribution in [0.25, 0.3) is 6.08 Å². The normalized spacial score (nSPS) is 26.9. The molecule has 2 fully saturated rings. The fourth-order valence-corrected chi connectivity index (χ4v) is 3.24. The first-order chi connectivity index (χ1) is 12.5. The summed E-state index contributed by atoms with van der Waals surface area (Å²) in [5, 5.41) is 10.2. The van der Waals surface area contributed by atoms with Gasteiger partial charge in [-0.2, -0.15) is 0 Å². The van der Waals surface area contributed by atoms with Gasteiger partial charge in [-0.15, -0.1) is 0 Å². The van der Waals surface area contributed by atoms with Crippen molar-refractivity contribution >= 4 is 12.0 Å². The van der Waals surface area contributed by atoms with Gasteiger partial charge in [0.1, 0.15) is 6.10 Å². The minimum Gasteiger partial charge on any atom is -0.472 e. The second-order valence-electron chi connectivity index (χ2n) is 7.09. The van der Waals surface area contributed by atoms with Crippen molar-refractivity contribution in [3.8, 4) is 0 Å². The number of fused-ring (bicyclic) bond motifs is 1. The third-order valence-electron chi connectivity index (χ3n) is 4.69. The molecule has 2 aliphatic heterocycles. The lowest BCUT2D eigenvalue weighted by molar-refractivity contribution is -0.151. The Balaban J connectivity index is 1.38. The van der Waals surface area contributed by atoms with Crippen LogP contribution in [-0.4, -0.2) is 29.6 Å². The summed E-state index contributed by atoms with van der Waals surface area (Å²) < 4.78 is 15.3. The fourth-order valence-electron chi connectivity index (χ4n) is 3.24. The van der Waals surface area contributed by atoms with Gasteiger partial charge in [0.15, 0.2) is 0 Å². The summed E-state index contributed by atoms with van der Waals surface area (Å²) in [6.07, 6.45) is 13.5. The van der Waals surface area contributed by atoms with Gasteiger partial charge in [-0.1, -0.05) is 35.5 Å². The quantitative estimate of drug-likeness (QED) is 0.410. The van der Waals surface area contributed by atoms with Crippen LogP contribution in [0.2, 0.25) is 0 Å². The molecule has 1 N–H and O–H groups in total. The topological polar surface area (TPSA) is 72.2 Å². The second-order valence-corrected chi connectivity index (χ2v) is 7.09. The number of furan rings is 1. The average Bonchev–Trinajstić information content (AvgIpc) is 3.00. The van der Waals surface area contributed by atoms with Gasteiger partial charge in [0.2, 0.25) is 6.29 Å². The van der Waals surface area contributed by atoms with E-state index in [4.69, 9.17) is 13.9 Å². The maximum atomic E-state index is 11.6. The van der Waals surface area contributed by atoms with Crippen LogP contribution in [0.15, 0.2) is 52.4 Å². The van der Waals surface area contributed by atoms with Crippen molar-refractivity contribution < 1.29 is 23.8 Å². The molecule has 0 aliphatic carbocycles. The number of epoxide rings is 1. The van der Waals surface area contributed by atoms with Crippen LogP contribution in [0.5, 0.6) is 0 Å². The number of carbonyl (C=O) groups excluding carboxylic acids is 1. The van der Waals surface area contributed by atoms with Gasteiger partial charge < -0.3 is 19.0 Å². The highest BCUT2D eigenvalue weighted by Gasteiger charge is 2.57. The number of aliphatic hydroxyl groups is 1. The van der Waals surface area contributed by atoms with Crippen LogP contribution in [0.3, 0.4) is 0 Å². The third-order valence-corrected chi connectivity index (χ3v) is 4.69. The maximum Gasteiger partial charge on any atom is 0.314 e. The molecule has 0 radical (unpaired) electrons. The Bertz CT molecular complexity index is 698. The largest absolute Gasteiger partial charge is 0.472 e. The van der Waals surface area contributed by atoms with Crippen LogP contribution in [0.1, 0.15) is 45.1 Å². The Morgan fingerprint density at radius 3 is 2.88 bits per heavy atom. The maximum absolute atomic E-state index is 11.6. The fraction of sp³-hybridized carbons (Fsp3) is 0.476. The number of ether oxygens (including phenoxy) is 2. The van der Waals surface area contributed by atoms with E-state index in [0.29, 0.717) is 6.42 Å². The van der Waals surface area contributed by atoms with E-state index in [1.807, 2.05) is 32.1 Å². The van der Waals surface area contributed by atoms with Gasteiger partial charge in [0.25, 0.3) is 0 Å². The average molecular weight is 358 g/mol. The van der Waals surface area contributed by atoms with E-state index >= 15 is 0 Å². The number of hydrogen-bond donors (Lipinski definition) is 1. The van der Waals surface area contributed by atoms with Crippen molar-refractivity contribution in [2.24, 2.45) is 5.92 Å². The smallest absolute Gasteiger partial charge is 0.314 e. The van der Waals surface area contributed by atoms with Crippen molar-refractivity contribution in [2.45, 2.75) is 58.0 Å². The Kier molecular flexibility index (Phi) is 6.12. The molecule has 3 rings (SSSR count). The lowest BCUT2D eigenvalue weighted by atomic mass is 9.99. The van der Waals surface area contributed by atoms with Gasteiger partial charge in [0.05, 0.1) is 24.5 Å². The van der Waals surface area contributed by atoms with Crippen LogP contribution >= 0.6 is 0 Å². The van der Waals surface area contributed by atoms with Crippen LogP contribution in [-0.2, 0) is 14.3 Å². The number of allylic oxidation sites excluding steroid dienone is 3. The molecule has 0 aromatic carbocycles. The zero-order valence-corrected chi connectivity index (χ0v) is 15.3. The van der Waals surface area contributed by atoms with Crippen molar-refractivity contribution in [1.29, 1.82) is 0 Å². The minimum absolute atomic E-state index is 0.0255. The molecular weight excluding hydrogens is 332 g/mol. The van der Waals surface area contributed by atoms with E-state index in [2.05, 4.69) is 12.2 Å². The molecule has 4 atom stereocenters. The van der Waals surface area contributed by atoms with Crippen molar-refractivity contribution in [3.05, 3.63) is 53.5 Å². The molecule has 0 saturated carbocycles. The first-order valence-electron chi connectivity index (χ1n) is 9.08. The highest BCUT2D eigenvalue weighted by atomic mass is 16.8. The molecular formula is C21H26O5.